The molecule has 1 fully saturated rings. The molecule has 1 aliphatic rings. The van der Waals surface area contributed by atoms with Crippen LogP contribution in [0.25, 0.3) is 0 Å². The highest BCUT2D eigenvalue weighted by atomic mass is 32.2. The summed E-state index contributed by atoms with van der Waals surface area (Å²) in [5.74, 6) is -0.674. The number of carboxylic acid groups (broad SMARTS) is 1. The predicted octanol–water partition coefficient (Wildman–Crippen LogP) is 2.58. The molecule has 6 nitrogen and oxygen atoms in total. The molecule has 0 amide bonds. The lowest BCUT2D eigenvalue weighted by atomic mass is 10.3. The highest BCUT2D eigenvalue weighted by molar-refractivity contribution is 7.94. The maximum absolute atomic E-state index is 12.1. The average molecular weight is 330 g/mol. The first-order valence-corrected chi connectivity index (χ1v) is 8.95. The van der Waals surface area contributed by atoms with Crippen molar-refractivity contribution in [2.45, 2.75) is 23.0 Å². The van der Waals surface area contributed by atoms with Gasteiger partial charge >= 0.3 is 5.97 Å². The van der Waals surface area contributed by atoms with Crippen molar-refractivity contribution in [3.63, 3.8) is 0 Å². The zero-order valence-corrected chi connectivity index (χ0v) is 12.5. The number of nitrogens with one attached hydrogen (secondary N) is 1. The number of thiazole rings is 1. The SMILES string of the molecule is O=C(O)c1ccc(S(=O)(=O)Nc2nc(C3CC3)cs2)s1. The molecule has 106 valence electrons. The Kier molecular flexibility index (Phi) is 3.27. The molecule has 2 aromatic heterocycles. The molecule has 0 spiro atoms. The van der Waals surface area contributed by atoms with Gasteiger partial charge in [-0.2, -0.15) is 0 Å². The number of carbonyl (C=O) groups is 1. The van der Waals surface area contributed by atoms with Crippen molar-refractivity contribution in [1.82, 2.24) is 4.98 Å². The van der Waals surface area contributed by atoms with Crippen LogP contribution in [0.5, 0.6) is 0 Å². The van der Waals surface area contributed by atoms with Crippen molar-refractivity contribution >= 4 is 43.8 Å². The molecule has 20 heavy (non-hydrogen) atoms. The zero-order chi connectivity index (χ0) is 14.3. The summed E-state index contributed by atoms with van der Waals surface area (Å²) >= 11 is 1.96. The Morgan fingerprint density at radius 2 is 2.15 bits per heavy atom. The van der Waals surface area contributed by atoms with Gasteiger partial charge in [0.1, 0.15) is 9.09 Å². The summed E-state index contributed by atoms with van der Waals surface area (Å²) in [6.45, 7) is 0. The summed E-state index contributed by atoms with van der Waals surface area (Å²) < 4.78 is 26.6. The van der Waals surface area contributed by atoms with Crippen molar-refractivity contribution in [3.8, 4) is 0 Å². The van der Waals surface area contributed by atoms with Gasteiger partial charge in [0.25, 0.3) is 10.0 Å². The monoisotopic (exact) mass is 330 g/mol. The molecule has 1 saturated carbocycles. The Labute approximate surface area is 123 Å². The number of nitrogens with zero attached hydrogens (tertiary/aromatic N) is 1. The third kappa shape index (κ3) is 2.69. The van der Waals surface area contributed by atoms with Gasteiger partial charge in [-0.05, 0) is 25.0 Å². The number of rotatable bonds is 5. The molecular formula is C11H10N2O4S3. The number of anilines is 1. The van der Waals surface area contributed by atoms with Gasteiger partial charge < -0.3 is 5.11 Å². The summed E-state index contributed by atoms with van der Waals surface area (Å²) in [5.41, 5.74) is 0.921. The Morgan fingerprint density at radius 1 is 1.40 bits per heavy atom. The number of aromatic nitrogens is 1. The Hall–Kier alpha value is -1.45. The summed E-state index contributed by atoms with van der Waals surface area (Å²) in [4.78, 5) is 15.0. The normalized spacial score (nSPS) is 15.2. The van der Waals surface area contributed by atoms with Crippen LogP contribution in [0.1, 0.15) is 34.1 Å². The van der Waals surface area contributed by atoms with Crippen LogP contribution in [0.3, 0.4) is 0 Å². The van der Waals surface area contributed by atoms with Crippen LogP contribution in [0.15, 0.2) is 21.7 Å². The maximum atomic E-state index is 12.1. The summed E-state index contributed by atoms with van der Waals surface area (Å²) in [5, 5.41) is 11.0. The molecule has 0 aromatic carbocycles. The Balaban J connectivity index is 1.81. The first-order valence-electron chi connectivity index (χ1n) is 5.77. The molecule has 0 bridgehead atoms. The lowest BCUT2D eigenvalue weighted by Gasteiger charge is -2.01. The third-order valence-electron chi connectivity index (χ3n) is 2.80. The molecule has 0 unspecified atom stereocenters. The number of thiophene rings is 1. The van der Waals surface area contributed by atoms with Crippen LogP contribution < -0.4 is 4.72 Å². The molecule has 0 radical (unpaired) electrons. The van der Waals surface area contributed by atoms with Crippen LogP contribution in [0.2, 0.25) is 0 Å². The molecular weight excluding hydrogens is 320 g/mol. The maximum Gasteiger partial charge on any atom is 0.345 e. The molecule has 2 aromatic rings. The standard InChI is InChI=1S/C11H10N2O4S3/c14-10(15)8-3-4-9(19-8)20(16,17)13-11-12-7(5-18-11)6-1-2-6/h3-6H,1-2H2,(H,12,13)(H,14,15). The van der Waals surface area contributed by atoms with Crippen LogP contribution in [0.4, 0.5) is 5.13 Å². The van der Waals surface area contributed by atoms with Crippen molar-refractivity contribution < 1.29 is 18.3 Å². The highest BCUT2D eigenvalue weighted by Crippen LogP contribution is 2.41. The van der Waals surface area contributed by atoms with E-state index in [2.05, 4.69) is 9.71 Å². The van der Waals surface area contributed by atoms with E-state index in [0.29, 0.717) is 11.0 Å². The second-order valence-corrected chi connectivity index (χ2v) is 8.23. The van der Waals surface area contributed by atoms with E-state index in [4.69, 9.17) is 5.11 Å². The highest BCUT2D eigenvalue weighted by Gasteiger charge is 2.27. The second kappa shape index (κ2) is 4.83. The van der Waals surface area contributed by atoms with Crippen LogP contribution in [-0.2, 0) is 10.0 Å². The predicted molar refractivity (Wildman–Crippen MR) is 76.2 cm³/mol. The van der Waals surface area contributed by atoms with Crippen molar-refractivity contribution in [2.24, 2.45) is 0 Å². The van der Waals surface area contributed by atoms with Gasteiger partial charge in [-0.25, -0.2) is 18.2 Å². The van der Waals surface area contributed by atoms with E-state index in [-0.39, 0.29) is 9.09 Å². The minimum absolute atomic E-state index is 0.0109. The van der Waals surface area contributed by atoms with Crippen molar-refractivity contribution in [3.05, 3.63) is 28.1 Å². The van der Waals surface area contributed by atoms with E-state index < -0.39 is 16.0 Å². The third-order valence-corrected chi connectivity index (χ3v) is 6.61. The number of hydrogen-bond donors (Lipinski definition) is 2. The molecule has 2 N–H and O–H groups in total. The molecule has 9 heteroatoms. The summed E-state index contributed by atoms with van der Waals surface area (Å²) in [6, 6.07) is 2.56. The van der Waals surface area contributed by atoms with E-state index in [0.717, 1.165) is 29.9 Å². The molecule has 1 aliphatic carbocycles. The first kappa shape index (κ1) is 13.5. The fourth-order valence-corrected chi connectivity index (χ4v) is 4.83. The molecule has 0 aliphatic heterocycles. The summed E-state index contributed by atoms with van der Waals surface area (Å²) in [7, 11) is -3.76. The van der Waals surface area contributed by atoms with Crippen LogP contribution in [-0.4, -0.2) is 24.5 Å². The second-order valence-electron chi connectivity index (χ2n) is 4.38. The van der Waals surface area contributed by atoms with E-state index in [9.17, 15) is 13.2 Å². The molecule has 3 rings (SSSR count). The fourth-order valence-electron chi connectivity index (χ4n) is 1.64. The van der Waals surface area contributed by atoms with E-state index in [1.807, 2.05) is 5.38 Å². The lowest BCUT2D eigenvalue weighted by Crippen LogP contribution is -2.11. The summed E-state index contributed by atoms with van der Waals surface area (Å²) in [6.07, 6.45) is 2.20. The van der Waals surface area contributed by atoms with Crippen molar-refractivity contribution in [1.29, 1.82) is 0 Å². The van der Waals surface area contributed by atoms with Gasteiger partial charge in [0.2, 0.25) is 0 Å². The number of sulfonamides is 1. The number of carboxylic acids is 1. The molecule has 2 heterocycles. The Morgan fingerprint density at radius 3 is 2.75 bits per heavy atom. The Bertz CT molecular complexity index is 758. The van der Waals surface area contributed by atoms with Crippen LogP contribution in [0, 0.1) is 0 Å². The number of hydrogen-bond acceptors (Lipinski definition) is 6. The van der Waals surface area contributed by atoms with E-state index in [1.165, 1.54) is 23.5 Å². The van der Waals surface area contributed by atoms with Gasteiger partial charge in [0.15, 0.2) is 5.13 Å². The quantitative estimate of drug-likeness (QED) is 0.878. The van der Waals surface area contributed by atoms with Gasteiger partial charge in [0.05, 0.1) is 5.69 Å². The first-order chi connectivity index (χ1) is 9.45. The number of aromatic carboxylic acids is 1. The molecule has 0 atom stereocenters. The van der Waals surface area contributed by atoms with Crippen molar-refractivity contribution in [2.75, 3.05) is 4.72 Å². The van der Waals surface area contributed by atoms with Gasteiger partial charge in [-0.3, -0.25) is 4.72 Å². The van der Waals surface area contributed by atoms with E-state index >= 15 is 0 Å². The lowest BCUT2D eigenvalue weighted by molar-refractivity contribution is 0.0702. The topological polar surface area (TPSA) is 96.4 Å². The minimum Gasteiger partial charge on any atom is -0.477 e. The average Bonchev–Trinajstić information content (AvgIpc) is 2.91. The largest absolute Gasteiger partial charge is 0.477 e. The fraction of sp³-hybridized carbons (Fsp3) is 0.273. The smallest absolute Gasteiger partial charge is 0.345 e. The van der Waals surface area contributed by atoms with Gasteiger partial charge in [-0.1, -0.05) is 0 Å². The minimum atomic E-state index is -3.76. The molecule has 0 saturated heterocycles. The zero-order valence-electron chi connectivity index (χ0n) is 10.1. The van der Waals surface area contributed by atoms with Gasteiger partial charge in [0, 0.05) is 11.3 Å². The van der Waals surface area contributed by atoms with E-state index in [1.54, 1.807) is 0 Å². The van der Waals surface area contributed by atoms with Crippen LogP contribution >= 0.6 is 22.7 Å². The van der Waals surface area contributed by atoms with Gasteiger partial charge in [-0.15, -0.1) is 22.7 Å².